The number of hydrogen-bond donors (Lipinski definition) is 0. The normalized spacial score (nSPS) is 16.3. The van der Waals surface area contributed by atoms with Crippen molar-refractivity contribution < 1.29 is 0 Å². The van der Waals surface area contributed by atoms with E-state index in [4.69, 9.17) is 0 Å². The highest BCUT2D eigenvalue weighted by Crippen LogP contribution is 2.21. The summed E-state index contributed by atoms with van der Waals surface area (Å²) in [7, 11) is 2.26. The van der Waals surface area contributed by atoms with Crippen LogP contribution in [0.1, 0.15) is 142 Å². The summed E-state index contributed by atoms with van der Waals surface area (Å²) in [4.78, 5) is 5.04. The Labute approximate surface area is 184 Å². The zero-order valence-corrected chi connectivity index (χ0v) is 20.5. The largest absolute Gasteiger partial charge is 0.359 e. The van der Waals surface area contributed by atoms with Crippen LogP contribution in [-0.4, -0.2) is 29.6 Å². The minimum absolute atomic E-state index is 0.623. The minimum atomic E-state index is 0.623. The lowest BCUT2D eigenvalue weighted by molar-refractivity contribution is 0.159. The van der Waals surface area contributed by atoms with E-state index in [2.05, 4.69) is 43.1 Å². The average molecular weight is 407 g/mol. The zero-order valence-electron chi connectivity index (χ0n) is 20.5. The first-order valence-electron chi connectivity index (χ1n) is 13.5. The van der Waals surface area contributed by atoms with Crippen LogP contribution < -0.4 is 0 Å². The summed E-state index contributed by atoms with van der Waals surface area (Å²) in [6.45, 7) is 5.85. The molecule has 29 heavy (non-hydrogen) atoms. The first-order valence-corrected chi connectivity index (χ1v) is 13.5. The zero-order chi connectivity index (χ0) is 21.0. The highest BCUT2D eigenvalue weighted by molar-refractivity contribution is 4.95. The summed E-state index contributed by atoms with van der Waals surface area (Å²) in [6.07, 6.45) is 33.7. The molecule has 0 aromatic heterocycles. The molecular formula is C27H54N2. The Kier molecular flexibility index (Phi) is 17.6. The number of rotatable bonds is 21. The van der Waals surface area contributed by atoms with Gasteiger partial charge >= 0.3 is 0 Å². The van der Waals surface area contributed by atoms with Gasteiger partial charge in [0.05, 0.1) is 0 Å². The van der Waals surface area contributed by atoms with Crippen molar-refractivity contribution in [1.29, 1.82) is 0 Å². The smallest absolute Gasteiger partial charge is 0.100 e. The summed E-state index contributed by atoms with van der Waals surface area (Å²) >= 11 is 0. The molecule has 1 heterocycles. The molecule has 0 radical (unpaired) electrons. The third-order valence-corrected chi connectivity index (χ3v) is 6.68. The van der Waals surface area contributed by atoms with Crippen LogP contribution in [0.3, 0.4) is 0 Å². The Hall–Kier alpha value is -0.660. The van der Waals surface area contributed by atoms with E-state index in [1.54, 1.807) is 0 Å². The van der Waals surface area contributed by atoms with Crippen LogP contribution in [0, 0.1) is 0 Å². The van der Waals surface area contributed by atoms with Crippen LogP contribution in [0.25, 0.3) is 0 Å². The van der Waals surface area contributed by atoms with Crippen molar-refractivity contribution in [2.45, 2.75) is 148 Å². The van der Waals surface area contributed by atoms with E-state index < -0.39 is 0 Å². The topological polar surface area (TPSA) is 6.48 Å². The van der Waals surface area contributed by atoms with E-state index in [1.165, 1.54) is 135 Å². The van der Waals surface area contributed by atoms with Crippen molar-refractivity contribution >= 4 is 0 Å². The van der Waals surface area contributed by atoms with Gasteiger partial charge in [-0.25, -0.2) is 0 Å². The van der Waals surface area contributed by atoms with Crippen molar-refractivity contribution in [3.8, 4) is 0 Å². The molecule has 0 bridgehead atoms. The van der Waals surface area contributed by atoms with Crippen LogP contribution in [0.5, 0.6) is 0 Å². The lowest BCUT2D eigenvalue weighted by Gasteiger charge is -2.30. The SMILES string of the molecule is CCCCCCCCCCCCN1C=CN(C)C1CCCCCCCCCCC. The van der Waals surface area contributed by atoms with Crippen LogP contribution in [0.15, 0.2) is 12.4 Å². The molecule has 0 aromatic carbocycles. The fourth-order valence-corrected chi connectivity index (χ4v) is 4.64. The molecule has 1 rings (SSSR count). The first kappa shape index (κ1) is 26.4. The van der Waals surface area contributed by atoms with E-state index in [9.17, 15) is 0 Å². The number of hydrogen-bond acceptors (Lipinski definition) is 2. The Morgan fingerprint density at radius 3 is 1.41 bits per heavy atom. The molecule has 2 nitrogen and oxygen atoms in total. The van der Waals surface area contributed by atoms with Crippen LogP contribution >= 0.6 is 0 Å². The fourth-order valence-electron chi connectivity index (χ4n) is 4.64. The van der Waals surface area contributed by atoms with Crippen molar-refractivity contribution in [3.05, 3.63) is 12.4 Å². The molecule has 0 aliphatic carbocycles. The van der Waals surface area contributed by atoms with Gasteiger partial charge in [-0.15, -0.1) is 0 Å². The third kappa shape index (κ3) is 14.1. The van der Waals surface area contributed by atoms with Crippen molar-refractivity contribution in [2.24, 2.45) is 0 Å². The third-order valence-electron chi connectivity index (χ3n) is 6.68. The summed E-state index contributed by atoms with van der Waals surface area (Å²) in [6, 6.07) is 0. The predicted molar refractivity (Wildman–Crippen MR) is 131 cm³/mol. The van der Waals surface area contributed by atoms with Crippen molar-refractivity contribution in [1.82, 2.24) is 9.80 Å². The van der Waals surface area contributed by atoms with Gasteiger partial charge in [0.1, 0.15) is 6.17 Å². The molecule has 0 saturated carbocycles. The minimum Gasteiger partial charge on any atom is -0.359 e. The fraction of sp³-hybridized carbons (Fsp3) is 0.926. The lowest BCUT2D eigenvalue weighted by Crippen LogP contribution is -2.37. The molecule has 172 valence electrons. The molecule has 2 heteroatoms. The summed E-state index contributed by atoms with van der Waals surface area (Å²) in [5, 5.41) is 0. The molecule has 1 unspecified atom stereocenters. The average Bonchev–Trinajstić information content (AvgIpc) is 3.07. The van der Waals surface area contributed by atoms with Crippen LogP contribution in [-0.2, 0) is 0 Å². The van der Waals surface area contributed by atoms with Gasteiger partial charge < -0.3 is 9.80 Å². The van der Waals surface area contributed by atoms with E-state index >= 15 is 0 Å². The van der Waals surface area contributed by atoms with Crippen molar-refractivity contribution in [2.75, 3.05) is 13.6 Å². The molecule has 0 amide bonds. The first-order chi connectivity index (χ1) is 14.3. The summed E-state index contributed by atoms with van der Waals surface area (Å²) < 4.78 is 0. The highest BCUT2D eigenvalue weighted by atomic mass is 15.4. The molecule has 0 spiro atoms. The van der Waals surface area contributed by atoms with Gasteiger partial charge in [0.25, 0.3) is 0 Å². The molecule has 1 aliphatic heterocycles. The van der Waals surface area contributed by atoms with Gasteiger partial charge in [0.2, 0.25) is 0 Å². The molecular weight excluding hydrogens is 352 g/mol. The molecule has 0 N–H and O–H groups in total. The monoisotopic (exact) mass is 406 g/mol. The Morgan fingerprint density at radius 1 is 0.517 bits per heavy atom. The Bertz CT molecular complexity index is 366. The molecule has 0 fully saturated rings. The highest BCUT2D eigenvalue weighted by Gasteiger charge is 2.22. The Morgan fingerprint density at radius 2 is 0.931 bits per heavy atom. The maximum atomic E-state index is 2.61. The van der Waals surface area contributed by atoms with Gasteiger partial charge in [-0.2, -0.15) is 0 Å². The Balaban J connectivity index is 1.97. The number of unbranched alkanes of at least 4 members (excludes halogenated alkanes) is 17. The lowest BCUT2D eigenvalue weighted by atomic mass is 10.1. The summed E-state index contributed by atoms with van der Waals surface area (Å²) in [5.74, 6) is 0. The van der Waals surface area contributed by atoms with E-state index in [-0.39, 0.29) is 0 Å². The molecule has 1 atom stereocenters. The second kappa shape index (κ2) is 19.3. The van der Waals surface area contributed by atoms with Gasteiger partial charge in [-0.1, -0.05) is 123 Å². The molecule has 0 aromatic rings. The maximum absolute atomic E-state index is 2.61. The van der Waals surface area contributed by atoms with E-state index in [0.29, 0.717) is 6.17 Å². The molecule has 1 aliphatic rings. The maximum Gasteiger partial charge on any atom is 0.100 e. The van der Waals surface area contributed by atoms with E-state index in [0.717, 1.165) is 0 Å². The standard InChI is InChI=1S/C27H54N2/c1-4-6-8-10-12-14-16-18-20-22-24-29-26-25-28(3)27(29)23-21-19-17-15-13-11-9-7-5-2/h25-27H,4-24H2,1-3H3. The van der Waals surface area contributed by atoms with Gasteiger partial charge in [0.15, 0.2) is 0 Å². The van der Waals surface area contributed by atoms with Crippen LogP contribution in [0.4, 0.5) is 0 Å². The number of nitrogens with zero attached hydrogens (tertiary/aromatic N) is 2. The molecule has 0 saturated heterocycles. The second-order valence-electron chi connectivity index (χ2n) is 9.48. The van der Waals surface area contributed by atoms with Crippen LogP contribution in [0.2, 0.25) is 0 Å². The summed E-state index contributed by atoms with van der Waals surface area (Å²) in [5.41, 5.74) is 0. The van der Waals surface area contributed by atoms with E-state index in [1.807, 2.05) is 0 Å². The van der Waals surface area contributed by atoms with Gasteiger partial charge in [-0.05, 0) is 19.3 Å². The predicted octanol–water partition coefficient (Wildman–Crippen LogP) is 8.87. The quantitative estimate of drug-likeness (QED) is 0.176. The second-order valence-corrected chi connectivity index (χ2v) is 9.48. The van der Waals surface area contributed by atoms with Crippen molar-refractivity contribution in [3.63, 3.8) is 0 Å². The van der Waals surface area contributed by atoms with Gasteiger partial charge in [-0.3, -0.25) is 0 Å². The van der Waals surface area contributed by atoms with Gasteiger partial charge in [0, 0.05) is 26.0 Å².